The maximum absolute atomic E-state index is 12.1. The number of carbonyl (C=O) groups is 2. The highest BCUT2D eigenvalue weighted by atomic mass is 35.5. The lowest BCUT2D eigenvalue weighted by Crippen LogP contribution is -2.31. The monoisotopic (exact) mass is 405 g/mol. The zero-order valence-corrected chi connectivity index (χ0v) is 17.1. The normalized spacial score (nSPS) is 11.9. The lowest BCUT2D eigenvalue weighted by Gasteiger charge is -2.17. The summed E-state index contributed by atoms with van der Waals surface area (Å²) in [5.74, 6) is -0.181. The van der Waals surface area contributed by atoms with E-state index in [1.54, 1.807) is 0 Å². The molecule has 2 aromatic rings. The Kier molecular flexibility index (Phi) is 8.69. The summed E-state index contributed by atoms with van der Waals surface area (Å²) in [7, 11) is 0. The molecule has 0 aliphatic heterocycles. The number of esters is 1. The first-order valence-corrected chi connectivity index (χ1v) is 10.2. The van der Waals surface area contributed by atoms with E-state index in [0.717, 1.165) is 11.1 Å². The number of ether oxygens (including phenoxy) is 1. The van der Waals surface area contributed by atoms with Crippen LogP contribution >= 0.6 is 23.4 Å². The van der Waals surface area contributed by atoms with Gasteiger partial charge in [0.25, 0.3) is 5.91 Å². The number of nitrogens with one attached hydrogen (secondary N) is 1. The highest BCUT2D eigenvalue weighted by molar-refractivity contribution is 8.00. The summed E-state index contributed by atoms with van der Waals surface area (Å²) in [4.78, 5) is 23.7. The average molecular weight is 406 g/mol. The predicted octanol–water partition coefficient (Wildman–Crippen LogP) is 4.48. The van der Waals surface area contributed by atoms with Crippen molar-refractivity contribution in [2.45, 2.75) is 19.1 Å². The number of benzene rings is 2. The van der Waals surface area contributed by atoms with Gasteiger partial charge < -0.3 is 10.1 Å². The minimum atomic E-state index is -0.408. The Labute approximate surface area is 169 Å². The topological polar surface area (TPSA) is 55.4 Å². The molecule has 0 radical (unpaired) electrons. The third-order valence-corrected chi connectivity index (χ3v) is 5.25. The molecule has 0 aliphatic rings. The van der Waals surface area contributed by atoms with Gasteiger partial charge >= 0.3 is 5.97 Å². The predicted molar refractivity (Wildman–Crippen MR) is 111 cm³/mol. The molecule has 0 aliphatic carbocycles. The molecule has 6 heteroatoms. The fourth-order valence-corrected chi connectivity index (χ4v) is 3.57. The molecule has 0 aromatic heterocycles. The highest BCUT2D eigenvalue weighted by Gasteiger charge is 2.17. The molecule has 0 heterocycles. The number of amides is 1. The Morgan fingerprint density at radius 1 is 1.04 bits per heavy atom. The van der Waals surface area contributed by atoms with Crippen molar-refractivity contribution >= 4 is 35.2 Å². The Morgan fingerprint density at radius 3 is 2.30 bits per heavy atom. The Morgan fingerprint density at radius 2 is 1.67 bits per heavy atom. The molecule has 0 spiro atoms. The zero-order valence-electron chi connectivity index (χ0n) is 15.5. The van der Waals surface area contributed by atoms with E-state index >= 15 is 0 Å². The van der Waals surface area contributed by atoms with Crippen molar-refractivity contribution < 1.29 is 14.3 Å². The molecule has 2 aromatic carbocycles. The van der Waals surface area contributed by atoms with Crippen molar-refractivity contribution in [1.29, 1.82) is 0 Å². The third kappa shape index (κ3) is 7.65. The van der Waals surface area contributed by atoms with Crippen molar-refractivity contribution in [1.82, 2.24) is 5.32 Å². The van der Waals surface area contributed by atoms with E-state index in [4.69, 9.17) is 16.3 Å². The highest BCUT2D eigenvalue weighted by Crippen LogP contribution is 2.36. The molecule has 4 nitrogen and oxygen atoms in total. The summed E-state index contributed by atoms with van der Waals surface area (Å²) in [6.45, 7) is 4.33. The number of hydrogen-bond acceptors (Lipinski definition) is 4. The molecule has 2 rings (SSSR count). The van der Waals surface area contributed by atoms with Crippen LogP contribution in [0.4, 0.5) is 0 Å². The van der Waals surface area contributed by atoms with Crippen molar-refractivity contribution in [3.05, 3.63) is 70.7 Å². The maximum atomic E-state index is 12.1. The van der Waals surface area contributed by atoms with Gasteiger partial charge in [-0.3, -0.25) is 9.59 Å². The standard InChI is InChI=1S/C21H24ClNO3S/c1-15(2)12-23-19(24)13-26-20(25)14-27-21(16-6-4-3-5-7-16)17-8-10-18(22)11-9-17/h3-11,15,21H,12-14H2,1-2H3,(H,23,24)/t21-/m1/s1. The van der Waals surface area contributed by atoms with Crippen LogP contribution in [0.5, 0.6) is 0 Å². The first-order valence-electron chi connectivity index (χ1n) is 8.80. The molecule has 0 saturated heterocycles. The van der Waals surface area contributed by atoms with Crippen LogP contribution in [0.3, 0.4) is 0 Å². The van der Waals surface area contributed by atoms with Gasteiger partial charge in [0.1, 0.15) is 0 Å². The van der Waals surface area contributed by atoms with Crippen molar-refractivity contribution in [3.8, 4) is 0 Å². The third-order valence-electron chi connectivity index (χ3n) is 3.71. The quantitative estimate of drug-likeness (QED) is 0.625. The van der Waals surface area contributed by atoms with Gasteiger partial charge in [0.2, 0.25) is 0 Å². The molecule has 1 N–H and O–H groups in total. The summed E-state index contributed by atoms with van der Waals surface area (Å²) in [5, 5.41) is 3.37. The fourth-order valence-electron chi connectivity index (χ4n) is 2.36. The SMILES string of the molecule is CC(C)CNC(=O)COC(=O)CS[C@H](c1ccccc1)c1ccc(Cl)cc1. The second-order valence-electron chi connectivity index (χ2n) is 6.51. The molecule has 27 heavy (non-hydrogen) atoms. The largest absolute Gasteiger partial charge is 0.455 e. The lowest BCUT2D eigenvalue weighted by molar-refractivity contribution is -0.145. The van der Waals surface area contributed by atoms with Crippen LogP contribution < -0.4 is 5.32 Å². The molecule has 144 valence electrons. The van der Waals surface area contributed by atoms with Crippen molar-refractivity contribution in [2.24, 2.45) is 5.92 Å². The van der Waals surface area contributed by atoms with Gasteiger partial charge in [-0.1, -0.05) is 67.9 Å². The molecule has 0 fully saturated rings. The van der Waals surface area contributed by atoms with E-state index in [9.17, 15) is 9.59 Å². The average Bonchev–Trinajstić information content (AvgIpc) is 2.67. The first-order chi connectivity index (χ1) is 13.0. The van der Waals surface area contributed by atoms with E-state index in [-0.39, 0.29) is 23.5 Å². The van der Waals surface area contributed by atoms with E-state index in [1.165, 1.54) is 11.8 Å². The summed E-state index contributed by atoms with van der Waals surface area (Å²) >= 11 is 7.45. The maximum Gasteiger partial charge on any atom is 0.316 e. The van der Waals surface area contributed by atoms with E-state index in [0.29, 0.717) is 17.5 Å². The number of thioether (sulfide) groups is 1. The number of rotatable bonds is 9. The van der Waals surface area contributed by atoms with Crippen LogP contribution in [0.2, 0.25) is 5.02 Å². The molecule has 0 bridgehead atoms. The van der Waals surface area contributed by atoms with Crippen LogP contribution in [0, 0.1) is 5.92 Å². The van der Waals surface area contributed by atoms with Gasteiger partial charge in [0, 0.05) is 11.6 Å². The second-order valence-corrected chi connectivity index (χ2v) is 8.04. The Hall–Kier alpha value is -1.98. The smallest absolute Gasteiger partial charge is 0.316 e. The second kappa shape index (κ2) is 11.0. The molecule has 1 atom stereocenters. The molecule has 0 unspecified atom stereocenters. The van der Waals surface area contributed by atoms with Gasteiger partial charge in [-0.05, 0) is 29.2 Å². The first kappa shape index (κ1) is 21.3. The van der Waals surface area contributed by atoms with Crippen LogP contribution in [0.15, 0.2) is 54.6 Å². The van der Waals surface area contributed by atoms with Crippen LogP contribution in [-0.2, 0) is 14.3 Å². The van der Waals surface area contributed by atoms with E-state index in [1.807, 2.05) is 68.4 Å². The van der Waals surface area contributed by atoms with Crippen molar-refractivity contribution in [3.63, 3.8) is 0 Å². The van der Waals surface area contributed by atoms with E-state index in [2.05, 4.69) is 5.32 Å². The molecular weight excluding hydrogens is 382 g/mol. The molecule has 1 amide bonds. The molecular formula is C21H24ClNO3S. The van der Waals surface area contributed by atoms with Crippen molar-refractivity contribution in [2.75, 3.05) is 18.9 Å². The van der Waals surface area contributed by atoms with Gasteiger partial charge in [-0.15, -0.1) is 11.8 Å². The van der Waals surface area contributed by atoms with Gasteiger partial charge in [-0.25, -0.2) is 0 Å². The van der Waals surface area contributed by atoms with Crippen LogP contribution in [0.1, 0.15) is 30.2 Å². The summed E-state index contributed by atoms with van der Waals surface area (Å²) in [6.07, 6.45) is 0. The van der Waals surface area contributed by atoms with Crippen LogP contribution in [0.25, 0.3) is 0 Å². The van der Waals surface area contributed by atoms with Gasteiger partial charge in [-0.2, -0.15) is 0 Å². The summed E-state index contributed by atoms with van der Waals surface area (Å²) < 4.78 is 5.08. The minimum Gasteiger partial charge on any atom is -0.455 e. The van der Waals surface area contributed by atoms with Gasteiger partial charge in [0.05, 0.1) is 11.0 Å². The minimum absolute atomic E-state index is 0.0224. The number of carbonyl (C=O) groups excluding carboxylic acids is 2. The Balaban J connectivity index is 1.93. The Bertz CT molecular complexity index is 735. The number of halogens is 1. The lowest BCUT2D eigenvalue weighted by atomic mass is 10.0. The fraction of sp³-hybridized carbons (Fsp3) is 0.333. The van der Waals surface area contributed by atoms with Crippen LogP contribution in [-0.4, -0.2) is 30.8 Å². The summed E-state index contributed by atoms with van der Waals surface area (Å²) in [5.41, 5.74) is 2.14. The number of hydrogen-bond donors (Lipinski definition) is 1. The van der Waals surface area contributed by atoms with Gasteiger partial charge in [0.15, 0.2) is 6.61 Å². The summed E-state index contributed by atoms with van der Waals surface area (Å²) in [6, 6.07) is 17.5. The van der Waals surface area contributed by atoms with E-state index < -0.39 is 5.97 Å². The molecule has 0 saturated carbocycles. The zero-order chi connectivity index (χ0) is 19.6.